The molecule has 1 aromatic carbocycles. The first-order valence-corrected chi connectivity index (χ1v) is 7.74. The lowest BCUT2D eigenvalue weighted by Crippen LogP contribution is -2.51. The minimum Gasteiger partial charge on any atom is -0.349 e. The van der Waals surface area contributed by atoms with Crippen molar-refractivity contribution in [1.29, 1.82) is 0 Å². The largest absolute Gasteiger partial charge is 0.349 e. The molecule has 0 spiro atoms. The average Bonchev–Trinajstić information content (AvgIpc) is 2.39. The molecule has 1 rings (SSSR count). The van der Waals surface area contributed by atoms with Gasteiger partial charge in [0.25, 0.3) is 0 Å². The molecule has 3 unspecified atom stereocenters. The zero-order valence-electron chi connectivity index (χ0n) is 13.1. The highest BCUT2D eigenvalue weighted by atomic mass is 35.5. The lowest BCUT2D eigenvalue weighted by molar-refractivity contribution is -0.125. The van der Waals surface area contributed by atoms with Crippen molar-refractivity contribution in [2.75, 3.05) is 0 Å². The van der Waals surface area contributed by atoms with Gasteiger partial charge in [0.2, 0.25) is 5.91 Å². The molecule has 3 heteroatoms. The minimum atomic E-state index is -0.418. The molecule has 1 N–H and O–H groups in total. The van der Waals surface area contributed by atoms with E-state index in [1.165, 1.54) is 0 Å². The zero-order valence-corrected chi connectivity index (χ0v) is 13.9. The van der Waals surface area contributed by atoms with Gasteiger partial charge in [0.15, 0.2) is 0 Å². The highest BCUT2D eigenvalue weighted by Crippen LogP contribution is 2.28. The van der Waals surface area contributed by atoms with E-state index in [1.807, 2.05) is 51.1 Å². The Kier molecular flexibility index (Phi) is 6.07. The summed E-state index contributed by atoms with van der Waals surface area (Å²) < 4.78 is 0. The molecule has 0 aliphatic rings. The Labute approximate surface area is 127 Å². The fraction of sp³-hybridized carbons (Fsp3) is 0.588. The van der Waals surface area contributed by atoms with E-state index >= 15 is 0 Å². The monoisotopic (exact) mass is 295 g/mol. The first-order valence-electron chi connectivity index (χ1n) is 7.30. The van der Waals surface area contributed by atoms with Crippen LogP contribution >= 0.6 is 11.6 Å². The highest BCUT2D eigenvalue weighted by molar-refractivity contribution is 6.21. The molecule has 20 heavy (non-hydrogen) atoms. The molecule has 0 radical (unpaired) electrons. The smallest absolute Gasteiger partial charge is 0.228 e. The Bertz CT molecular complexity index is 428. The molecular weight excluding hydrogens is 270 g/mol. The molecule has 0 saturated heterocycles. The predicted molar refractivity (Wildman–Crippen MR) is 86.2 cm³/mol. The van der Waals surface area contributed by atoms with E-state index < -0.39 is 5.54 Å². The van der Waals surface area contributed by atoms with Crippen LogP contribution < -0.4 is 5.32 Å². The molecular formula is C17H26ClNO. The van der Waals surface area contributed by atoms with E-state index in [0.717, 1.165) is 12.0 Å². The molecule has 0 heterocycles. The van der Waals surface area contributed by atoms with Gasteiger partial charge in [0, 0.05) is 0 Å². The second-order valence-corrected chi connectivity index (χ2v) is 6.76. The number of hydrogen-bond acceptors (Lipinski definition) is 1. The van der Waals surface area contributed by atoms with Crippen LogP contribution in [0.2, 0.25) is 0 Å². The SMILES string of the molecule is CCC(C)C(C(=O)NC(C)(C)C(C)Cl)c1ccccc1. The number of carbonyl (C=O) groups is 1. The average molecular weight is 296 g/mol. The lowest BCUT2D eigenvalue weighted by atomic mass is 9.84. The molecule has 1 amide bonds. The molecule has 0 bridgehead atoms. The van der Waals surface area contributed by atoms with Crippen molar-refractivity contribution in [2.24, 2.45) is 5.92 Å². The van der Waals surface area contributed by atoms with Crippen molar-refractivity contribution in [3.8, 4) is 0 Å². The van der Waals surface area contributed by atoms with E-state index in [4.69, 9.17) is 11.6 Å². The van der Waals surface area contributed by atoms with Crippen LogP contribution in [0.15, 0.2) is 30.3 Å². The van der Waals surface area contributed by atoms with Crippen molar-refractivity contribution in [3.63, 3.8) is 0 Å². The molecule has 112 valence electrons. The fourth-order valence-electron chi connectivity index (χ4n) is 2.13. The third-order valence-corrected chi connectivity index (χ3v) is 4.64. The Hall–Kier alpha value is -1.02. The topological polar surface area (TPSA) is 29.1 Å². The first-order chi connectivity index (χ1) is 9.29. The Morgan fingerprint density at radius 1 is 1.25 bits per heavy atom. The summed E-state index contributed by atoms with van der Waals surface area (Å²) in [4.78, 5) is 12.7. The molecule has 1 aromatic rings. The third-order valence-electron chi connectivity index (χ3n) is 4.09. The normalized spacial score (nSPS) is 16.3. The van der Waals surface area contributed by atoms with E-state index in [9.17, 15) is 4.79 Å². The summed E-state index contributed by atoms with van der Waals surface area (Å²) in [7, 11) is 0. The maximum Gasteiger partial charge on any atom is 0.228 e. The van der Waals surface area contributed by atoms with Crippen LogP contribution in [0.1, 0.15) is 52.5 Å². The van der Waals surface area contributed by atoms with Gasteiger partial charge >= 0.3 is 0 Å². The van der Waals surface area contributed by atoms with Crippen LogP contribution in [0.3, 0.4) is 0 Å². The van der Waals surface area contributed by atoms with Crippen LogP contribution in [0.5, 0.6) is 0 Å². The van der Waals surface area contributed by atoms with Gasteiger partial charge in [0.05, 0.1) is 16.8 Å². The van der Waals surface area contributed by atoms with Crippen molar-refractivity contribution >= 4 is 17.5 Å². The van der Waals surface area contributed by atoms with Gasteiger partial charge in [0.1, 0.15) is 0 Å². The van der Waals surface area contributed by atoms with Crippen LogP contribution in [-0.4, -0.2) is 16.8 Å². The van der Waals surface area contributed by atoms with E-state index in [1.54, 1.807) is 0 Å². The van der Waals surface area contributed by atoms with Gasteiger partial charge < -0.3 is 5.32 Å². The van der Waals surface area contributed by atoms with Crippen molar-refractivity contribution in [1.82, 2.24) is 5.32 Å². The van der Waals surface area contributed by atoms with Gasteiger partial charge in [-0.05, 0) is 32.3 Å². The molecule has 0 aliphatic heterocycles. The molecule has 0 saturated carbocycles. The van der Waals surface area contributed by atoms with E-state index in [2.05, 4.69) is 19.2 Å². The summed E-state index contributed by atoms with van der Waals surface area (Å²) >= 11 is 6.16. The summed E-state index contributed by atoms with van der Waals surface area (Å²) in [5.74, 6) is 0.220. The zero-order chi connectivity index (χ0) is 15.3. The standard InChI is InChI=1S/C17H26ClNO/c1-6-12(2)15(14-10-8-7-9-11-14)16(20)19-17(4,5)13(3)18/h7-13,15H,6H2,1-5H3,(H,19,20). The summed E-state index contributed by atoms with van der Waals surface area (Å²) in [5, 5.41) is 2.97. The molecule has 0 fully saturated rings. The molecule has 0 aromatic heterocycles. The Morgan fingerprint density at radius 2 is 1.80 bits per heavy atom. The number of benzene rings is 1. The second-order valence-electron chi connectivity index (χ2n) is 6.10. The number of rotatable bonds is 6. The summed E-state index contributed by atoms with van der Waals surface area (Å²) in [6.45, 7) is 10.1. The van der Waals surface area contributed by atoms with Gasteiger partial charge in [-0.2, -0.15) is 0 Å². The quantitative estimate of drug-likeness (QED) is 0.777. The second kappa shape index (κ2) is 7.12. The molecule has 3 atom stereocenters. The number of hydrogen-bond donors (Lipinski definition) is 1. The fourth-order valence-corrected chi connectivity index (χ4v) is 2.18. The number of nitrogens with one attached hydrogen (secondary N) is 1. The number of alkyl halides is 1. The van der Waals surface area contributed by atoms with Crippen molar-refractivity contribution < 1.29 is 4.79 Å². The van der Waals surface area contributed by atoms with Crippen LogP contribution in [0, 0.1) is 5.92 Å². The summed E-state index contributed by atoms with van der Waals surface area (Å²) in [5.41, 5.74) is 0.649. The molecule has 2 nitrogen and oxygen atoms in total. The maximum atomic E-state index is 12.7. The van der Waals surface area contributed by atoms with Crippen LogP contribution in [-0.2, 0) is 4.79 Å². The van der Waals surface area contributed by atoms with Crippen LogP contribution in [0.25, 0.3) is 0 Å². The third kappa shape index (κ3) is 4.24. The van der Waals surface area contributed by atoms with E-state index in [-0.39, 0.29) is 17.2 Å². The van der Waals surface area contributed by atoms with Gasteiger partial charge in [-0.3, -0.25) is 4.79 Å². The number of amides is 1. The van der Waals surface area contributed by atoms with Gasteiger partial charge in [-0.1, -0.05) is 50.6 Å². The number of carbonyl (C=O) groups excluding carboxylic acids is 1. The Balaban J connectivity index is 2.98. The van der Waals surface area contributed by atoms with Crippen molar-refractivity contribution in [2.45, 2.75) is 57.9 Å². The highest BCUT2D eigenvalue weighted by Gasteiger charge is 2.32. The first kappa shape index (κ1) is 17.0. The van der Waals surface area contributed by atoms with Crippen molar-refractivity contribution in [3.05, 3.63) is 35.9 Å². The van der Waals surface area contributed by atoms with E-state index in [0.29, 0.717) is 5.92 Å². The molecule has 0 aliphatic carbocycles. The predicted octanol–water partition coefficient (Wildman–Crippen LogP) is 4.34. The maximum absolute atomic E-state index is 12.7. The van der Waals surface area contributed by atoms with Gasteiger partial charge in [-0.15, -0.1) is 11.6 Å². The summed E-state index contributed by atoms with van der Waals surface area (Å²) in [6, 6.07) is 9.97. The van der Waals surface area contributed by atoms with Crippen LogP contribution in [0.4, 0.5) is 0 Å². The minimum absolute atomic E-state index is 0.0584. The lowest BCUT2D eigenvalue weighted by Gasteiger charge is -2.32. The number of halogens is 1. The summed E-state index contributed by atoms with van der Waals surface area (Å²) in [6.07, 6.45) is 0.962. The Morgan fingerprint density at radius 3 is 2.25 bits per heavy atom. The van der Waals surface area contributed by atoms with Gasteiger partial charge in [-0.25, -0.2) is 0 Å².